The molecule has 0 aliphatic carbocycles. The third-order valence-electron chi connectivity index (χ3n) is 3.80. The molecule has 0 bridgehead atoms. The number of anilines is 1. The number of carbonyl (C=O) groups excluding carboxylic acids is 2. The molecule has 0 fully saturated rings. The zero-order chi connectivity index (χ0) is 19.8. The van der Waals surface area contributed by atoms with Crippen LogP contribution in [0, 0.1) is 11.3 Å². The van der Waals surface area contributed by atoms with Gasteiger partial charge in [-0.2, -0.15) is 5.26 Å². The van der Waals surface area contributed by atoms with Gasteiger partial charge < -0.3 is 19.9 Å². The summed E-state index contributed by atoms with van der Waals surface area (Å²) in [4.78, 5) is 24.4. The highest BCUT2D eigenvalue weighted by Gasteiger charge is 2.23. The summed E-state index contributed by atoms with van der Waals surface area (Å²) in [6, 6.07) is 12.3. The number of carbonyl (C=O) groups is 2. The summed E-state index contributed by atoms with van der Waals surface area (Å²) in [5.41, 5.74) is 2.22. The summed E-state index contributed by atoms with van der Waals surface area (Å²) in [5.74, 6) is -1.11. The Kier molecular flexibility index (Phi) is 6.92. The van der Waals surface area contributed by atoms with Crippen molar-refractivity contribution in [3.05, 3.63) is 64.7 Å². The van der Waals surface area contributed by atoms with E-state index >= 15 is 0 Å². The number of methoxy groups -OCH3 is 1. The van der Waals surface area contributed by atoms with Crippen LogP contribution in [-0.2, 0) is 20.9 Å². The Balaban J connectivity index is 2.42. The van der Waals surface area contributed by atoms with Gasteiger partial charge in [0.25, 0.3) is 0 Å². The molecule has 140 valence electrons. The fraction of sp³-hybridized carbons (Fsp3) is 0.250. The zero-order valence-electron chi connectivity index (χ0n) is 15.1. The summed E-state index contributed by atoms with van der Waals surface area (Å²) in [6.07, 6.45) is 0. The number of hydrogen-bond donors (Lipinski definition) is 2. The predicted octanol–water partition coefficient (Wildman–Crippen LogP) is 2.55. The van der Waals surface area contributed by atoms with Crippen LogP contribution in [0.15, 0.2) is 42.5 Å². The van der Waals surface area contributed by atoms with E-state index in [4.69, 9.17) is 14.7 Å². The SMILES string of the molecule is CCOC(=O)c1cc(CO)cc(C(Nc2ccc(C#N)cc2)C(=O)OC)c1. The van der Waals surface area contributed by atoms with Crippen molar-refractivity contribution >= 4 is 17.6 Å². The van der Waals surface area contributed by atoms with Crippen LogP contribution in [0.2, 0.25) is 0 Å². The minimum absolute atomic E-state index is 0.210. The lowest BCUT2D eigenvalue weighted by Gasteiger charge is -2.19. The summed E-state index contributed by atoms with van der Waals surface area (Å²) in [5, 5.41) is 21.4. The van der Waals surface area contributed by atoms with Crippen LogP contribution in [0.4, 0.5) is 5.69 Å². The van der Waals surface area contributed by atoms with Crippen molar-refractivity contribution in [1.82, 2.24) is 0 Å². The topological polar surface area (TPSA) is 109 Å². The first-order valence-corrected chi connectivity index (χ1v) is 8.28. The quantitative estimate of drug-likeness (QED) is 0.723. The van der Waals surface area contributed by atoms with Crippen molar-refractivity contribution in [2.75, 3.05) is 19.0 Å². The van der Waals surface area contributed by atoms with Crippen LogP contribution in [-0.4, -0.2) is 30.8 Å². The van der Waals surface area contributed by atoms with Crippen molar-refractivity contribution in [2.45, 2.75) is 19.6 Å². The van der Waals surface area contributed by atoms with Crippen LogP contribution in [0.3, 0.4) is 0 Å². The highest BCUT2D eigenvalue weighted by atomic mass is 16.5. The van der Waals surface area contributed by atoms with Crippen molar-refractivity contribution in [2.24, 2.45) is 0 Å². The van der Waals surface area contributed by atoms with Gasteiger partial charge in [-0.05, 0) is 54.4 Å². The molecule has 2 aromatic rings. The molecule has 27 heavy (non-hydrogen) atoms. The lowest BCUT2D eigenvalue weighted by molar-refractivity contribution is -0.141. The van der Waals surface area contributed by atoms with Gasteiger partial charge in [0.1, 0.15) is 0 Å². The molecular formula is C20H20N2O5. The number of ether oxygens (including phenoxy) is 2. The van der Waals surface area contributed by atoms with Gasteiger partial charge in [-0.25, -0.2) is 9.59 Å². The first kappa shape index (κ1) is 19.9. The van der Waals surface area contributed by atoms with E-state index in [1.165, 1.54) is 19.2 Å². The van der Waals surface area contributed by atoms with E-state index in [1.54, 1.807) is 37.3 Å². The van der Waals surface area contributed by atoms with Gasteiger partial charge in [-0.3, -0.25) is 0 Å². The first-order chi connectivity index (χ1) is 13.0. The molecule has 2 rings (SSSR count). The molecule has 0 heterocycles. The van der Waals surface area contributed by atoms with Crippen LogP contribution in [0.1, 0.15) is 40.0 Å². The van der Waals surface area contributed by atoms with Gasteiger partial charge in [0.05, 0.1) is 37.5 Å². The Morgan fingerprint density at radius 1 is 1.22 bits per heavy atom. The number of nitrogens with one attached hydrogen (secondary N) is 1. The van der Waals surface area contributed by atoms with Crippen LogP contribution < -0.4 is 5.32 Å². The van der Waals surface area contributed by atoms with E-state index in [0.29, 0.717) is 22.4 Å². The third-order valence-corrected chi connectivity index (χ3v) is 3.80. The molecule has 0 aliphatic rings. The third kappa shape index (κ3) is 5.06. The lowest BCUT2D eigenvalue weighted by Crippen LogP contribution is -2.23. The van der Waals surface area contributed by atoms with Gasteiger partial charge in [-0.15, -0.1) is 0 Å². The maximum absolute atomic E-state index is 12.3. The van der Waals surface area contributed by atoms with Crippen LogP contribution in [0.5, 0.6) is 0 Å². The average Bonchev–Trinajstić information content (AvgIpc) is 2.71. The second-order valence-corrected chi connectivity index (χ2v) is 5.63. The minimum atomic E-state index is -0.914. The summed E-state index contributed by atoms with van der Waals surface area (Å²) >= 11 is 0. The molecule has 0 radical (unpaired) electrons. The molecule has 1 unspecified atom stereocenters. The van der Waals surface area contributed by atoms with Gasteiger partial charge in [0.15, 0.2) is 6.04 Å². The average molecular weight is 368 g/mol. The standard InChI is InChI=1S/C20H20N2O5/c1-3-27-19(24)16-9-14(12-23)8-15(10-16)18(20(25)26-2)22-17-6-4-13(11-21)5-7-17/h4-10,18,22-23H,3,12H2,1-2H3. The Morgan fingerprint density at radius 3 is 2.48 bits per heavy atom. The van der Waals surface area contributed by atoms with Crippen molar-refractivity contribution in [3.63, 3.8) is 0 Å². The van der Waals surface area contributed by atoms with E-state index in [1.807, 2.05) is 6.07 Å². The van der Waals surface area contributed by atoms with Crippen molar-refractivity contribution in [1.29, 1.82) is 5.26 Å². The highest BCUT2D eigenvalue weighted by Crippen LogP contribution is 2.24. The zero-order valence-corrected chi connectivity index (χ0v) is 15.1. The highest BCUT2D eigenvalue weighted by molar-refractivity contribution is 5.91. The Morgan fingerprint density at radius 2 is 1.93 bits per heavy atom. The number of nitrogens with zero attached hydrogens (tertiary/aromatic N) is 1. The maximum atomic E-state index is 12.3. The molecule has 7 nitrogen and oxygen atoms in total. The number of hydrogen-bond acceptors (Lipinski definition) is 7. The van der Waals surface area contributed by atoms with Gasteiger partial charge in [0.2, 0.25) is 0 Å². The molecule has 0 aliphatic heterocycles. The Bertz CT molecular complexity index is 856. The number of esters is 2. The molecule has 2 aromatic carbocycles. The second-order valence-electron chi connectivity index (χ2n) is 5.63. The number of aliphatic hydroxyl groups is 1. The van der Waals surface area contributed by atoms with E-state index in [9.17, 15) is 14.7 Å². The molecule has 0 saturated carbocycles. The van der Waals surface area contributed by atoms with Crippen molar-refractivity contribution < 1.29 is 24.2 Å². The normalized spacial score (nSPS) is 11.2. The number of benzene rings is 2. The lowest BCUT2D eigenvalue weighted by atomic mass is 10.00. The summed E-state index contributed by atoms with van der Waals surface area (Å²) in [7, 11) is 1.26. The van der Waals surface area contributed by atoms with Crippen LogP contribution in [0.25, 0.3) is 0 Å². The molecule has 0 saturated heterocycles. The van der Waals surface area contributed by atoms with E-state index in [0.717, 1.165) is 0 Å². The largest absolute Gasteiger partial charge is 0.467 e. The van der Waals surface area contributed by atoms with Gasteiger partial charge in [-0.1, -0.05) is 6.07 Å². The Labute approximate surface area is 157 Å². The fourth-order valence-corrected chi connectivity index (χ4v) is 2.51. The Hall–Kier alpha value is -3.37. The maximum Gasteiger partial charge on any atom is 0.338 e. The molecule has 0 aromatic heterocycles. The van der Waals surface area contributed by atoms with E-state index in [-0.39, 0.29) is 18.8 Å². The van der Waals surface area contributed by atoms with E-state index in [2.05, 4.69) is 5.32 Å². The molecule has 2 N–H and O–H groups in total. The summed E-state index contributed by atoms with van der Waals surface area (Å²) in [6.45, 7) is 1.60. The summed E-state index contributed by atoms with van der Waals surface area (Å²) < 4.78 is 9.88. The number of aliphatic hydroxyl groups excluding tert-OH is 1. The molecule has 0 spiro atoms. The fourth-order valence-electron chi connectivity index (χ4n) is 2.51. The molecule has 7 heteroatoms. The number of rotatable bonds is 7. The van der Waals surface area contributed by atoms with Crippen molar-refractivity contribution in [3.8, 4) is 6.07 Å². The molecule has 1 atom stereocenters. The van der Waals surface area contributed by atoms with Gasteiger partial charge in [0, 0.05) is 5.69 Å². The monoisotopic (exact) mass is 368 g/mol. The van der Waals surface area contributed by atoms with E-state index < -0.39 is 18.0 Å². The minimum Gasteiger partial charge on any atom is -0.467 e. The first-order valence-electron chi connectivity index (χ1n) is 8.28. The van der Waals surface area contributed by atoms with Crippen LogP contribution >= 0.6 is 0 Å². The molecular weight excluding hydrogens is 348 g/mol. The number of nitriles is 1. The van der Waals surface area contributed by atoms with Gasteiger partial charge >= 0.3 is 11.9 Å². The predicted molar refractivity (Wildman–Crippen MR) is 97.9 cm³/mol. The smallest absolute Gasteiger partial charge is 0.338 e. The molecule has 0 amide bonds. The second kappa shape index (κ2) is 9.36.